The van der Waals surface area contributed by atoms with Crippen LogP contribution in [-0.4, -0.2) is 222 Å². The van der Waals surface area contributed by atoms with Crippen molar-refractivity contribution in [2.24, 2.45) is 0 Å². The van der Waals surface area contributed by atoms with Crippen LogP contribution in [0.1, 0.15) is 13.8 Å². The van der Waals surface area contributed by atoms with Crippen molar-refractivity contribution in [2.45, 2.75) is 137 Å². The second-order valence-electron chi connectivity index (χ2n) is 12.6. The quantitative estimate of drug-likeness (QED) is 0.0881. The molecular weight excluding hydrogens is 700 g/mol. The number of ether oxygens (including phenoxy) is 7. The number of aliphatic hydroxyl groups excluding tert-OH is 12. The summed E-state index contributed by atoms with van der Waals surface area (Å²) in [5.74, 6) is -1.40. The van der Waals surface area contributed by atoms with Gasteiger partial charge in [-0.15, -0.1) is 0 Å². The van der Waals surface area contributed by atoms with Gasteiger partial charge in [-0.05, 0) is 0 Å². The van der Waals surface area contributed by atoms with Gasteiger partial charge < -0.3 is 105 Å². The summed E-state index contributed by atoms with van der Waals surface area (Å²) in [5.41, 5.74) is 0. The van der Waals surface area contributed by atoms with Gasteiger partial charge in [0.15, 0.2) is 25.2 Å². The molecule has 4 aliphatic rings. The van der Waals surface area contributed by atoms with Gasteiger partial charge in [0.2, 0.25) is 11.8 Å². The summed E-state index contributed by atoms with van der Waals surface area (Å²) in [4.78, 5) is 23.9. The highest BCUT2D eigenvalue weighted by atomic mass is 16.8. The van der Waals surface area contributed by atoms with Crippen LogP contribution in [0.3, 0.4) is 0 Å². The van der Waals surface area contributed by atoms with E-state index in [0.717, 1.165) is 13.8 Å². The van der Waals surface area contributed by atoms with E-state index in [4.69, 9.17) is 33.2 Å². The second-order valence-corrected chi connectivity index (χ2v) is 12.6. The number of amides is 2. The van der Waals surface area contributed by atoms with Gasteiger partial charge in [-0.3, -0.25) is 9.59 Å². The molecule has 0 saturated carbocycles. The molecule has 23 heteroatoms. The monoisotopic (exact) mass is 748 g/mol. The summed E-state index contributed by atoms with van der Waals surface area (Å²) in [5, 5.41) is 130. The van der Waals surface area contributed by atoms with Gasteiger partial charge in [0, 0.05) is 13.8 Å². The first-order valence-corrected chi connectivity index (χ1v) is 16.1. The van der Waals surface area contributed by atoms with Gasteiger partial charge in [-0.25, -0.2) is 0 Å². The molecular formula is C28H48N2O21. The summed E-state index contributed by atoms with van der Waals surface area (Å²) in [6.45, 7) is -1.28. The summed E-state index contributed by atoms with van der Waals surface area (Å²) in [6, 6.07) is -3.04. The third-order valence-electron chi connectivity index (χ3n) is 9.01. The van der Waals surface area contributed by atoms with E-state index in [2.05, 4.69) is 10.6 Å². The van der Waals surface area contributed by atoms with Crippen LogP contribution < -0.4 is 10.6 Å². The molecule has 14 N–H and O–H groups in total. The Bertz CT molecular complexity index is 1140. The van der Waals surface area contributed by atoms with E-state index in [-0.39, 0.29) is 0 Å². The SMILES string of the molecule is CC(=O)N[C@H]1[C@@H](O[C@H]2[C@H](O)[C@H](NC(C)=O)[C@H](O)O[C@@H]2CO)O[C@H](CO)[C@@H](O[C@@H]2O[C@H](CO)[C@@H](O)[C@H](O[C@@H]3O[C@H](CO)[C@@H](O)[C@H](O)[C@@H]3O)[C@@H]2O)[C@@H]1O. The highest BCUT2D eigenvalue weighted by molar-refractivity contribution is 5.73. The lowest BCUT2D eigenvalue weighted by Crippen LogP contribution is -2.70. The molecule has 4 heterocycles. The van der Waals surface area contributed by atoms with E-state index in [1.807, 2.05) is 0 Å². The second kappa shape index (κ2) is 18.0. The Morgan fingerprint density at radius 2 is 0.882 bits per heavy atom. The Balaban J connectivity index is 1.56. The van der Waals surface area contributed by atoms with E-state index in [1.165, 1.54) is 0 Å². The standard InChI is InChI=1S/C28H48N2O21/c1-7(35)29-13-17(39)22(11(5-33)45-25(13)44)49-26-14(30-8(2)36)18(40)23(12(6-34)48-26)50-28-21(43)24(16(38)10(4-32)47-28)51-27-20(42)19(41)15(37)9(3-31)46-27/h9-28,31-34,37-44H,3-6H2,1-2H3,(H,29,35)(H,30,36)/t9-,10-,11-,12-,13+,14-,15-,16-,17-,18-,19+,20+,21+,22-,23-,24+,25-,26-,27+,28+/m1/s1. The van der Waals surface area contributed by atoms with Crippen LogP contribution in [0.25, 0.3) is 0 Å². The minimum atomic E-state index is -2.04. The van der Waals surface area contributed by atoms with E-state index in [9.17, 15) is 70.9 Å². The van der Waals surface area contributed by atoms with Crippen LogP contribution in [0.2, 0.25) is 0 Å². The number of aliphatic hydroxyl groups is 12. The van der Waals surface area contributed by atoms with Crippen LogP contribution in [0.15, 0.2) is 0 Å². The summed E-state index contributed by atoms with van der Waals surface area (Å²) in [6.07, 6.45) is -31.4. The maximum Gasteiger partial charge on any atom is 0.217 e. The predicted molar refractivity (Wildman–Crippen MR) is 157 cm³/mol. The van der Waals surface area contributed by atoms with E-state index in [0.29, 0.717) is 0 Å². The first-order chi connectivity index (χ1) is 24.1. The first kappa shape index (κ1) is 41.9. The molecule has 4 saturated heterocycles. The largest absolute Gasteiger partial charge is 0.394 e. The molecule has 0 aromatic carbocycles. The highest BCUT2D eigenvalue weighted by Crippen LogP contribution is 2.34. The number of hydrogen-bond acceptors (Lipinski definition) is 21. The van der Waals surface area contributed by atoms with Crippen LogP contribution in [0.5, 0.6) is 0 Å². The van der Waals surface area contributed by atoms with Crippen LogP contribution in [-0.2, 0) is 42.7 Å². The Hall–Kier alpha value is -1.82. The smallest absolute Gasteiger partial charge is 0.217 e. The lowest BCUT2D eigenvalue weighted by molar-refractivity contribution is -0.379. The number of carbonyl (C=O) groups is 2. The van der Waals surface area contributed by atoms with Crippen molar-refractivity contribution in [3.05, 3.63) is 0 Å². The van der Waals surface area contributed by atoms with Gasteiger partial charge in [0.1, 0.15) is 97.5 Å². The molecule has 4 rings (SSSR count). The molecule has 0 aromatic rings. The minimum Gasteiger partial charge on any atom is -0.394 e. The number of carbonyl (C=O) groups excluding carboxylic acids is 2. The highest BCUT2D eigenvalue weighted by Gasteiger charge is 2.55. The number of nitrogens with one attached hydrogen (secondary N) is 2. The Labute approximate surface area is 289 Å². The van der Waals surface area contributed by atoms with Gasteiger partial charge in [0.05, 0.1) is 26.4 Å². The lowest BCUT2D eigenvalue weighted by atomic mass is 9.94. The molecule has 20 atom stereocenters. The zero-order chi connectivity index (χ0) is 37.9. The van der Waals surface area contributed by atoms with E-state index in [1.54, 1.807) is 0 Å². The van der Waals surface area contributed by atoms with E-state index >= 15 is 0 Å². The maximum absolute atomic E-state index is 12.2. The molecule has 296 valence electrons. The zero-order valence-corrected chi connectivity index (χ0v) is 27.4. The van der Waals surface area contributed by atoms with Crippen LogP contribution in [0.4, 0.5) is 0 Å². The molecule has 23 nitrogen and oxygen atoms in total. The Kier molecular flexibility index (Phi) is 14.8. The van der Waals surface area contributed by atoms with Crippen LogP contribution in [0, 0.1) is 0 Å². The summed E-state index contributed by atoms with van der Waals surface area (Å²) in [7, 11) is 0. The third-order valence-corrected chi connectivity index (χ3v) is 9.01. The lowest BCUT2D eigenvalue weighted by Gasteiger charge is -2.50. The average Bonchev–Trinajstić information content (AvgIpc) is 3.09. The molecule has 0 bridgehead atoms. The maximum atomic E-state index is 12.2. The number of hydrogen-bond donors (Lipinski definition) is 14. The zero-order valence-electron chi connectivity index (χ0n) is 27.4. The fourth-order valence-corrected chi connectivity index (χ4v) is 6.35. The van der Waals surface area contributed by atoms with Gasteiger partial charge in [0.25, 0.3) is 0 Å². The first-order valence-electron chi connectivity index (χ1n) is 16.1. The van der Waals surface area contributed by atoms with E-state index < -0.39 is 161 Å². The Morgan fingerprint density at radius 3 is 1.41 bits per heavy atom. The fraction of sp³-hybridized carbons (Fsp3) is 0.929. The molecule has 0 radical (unpaired) electrons. The van der Waals surface area contributed by atoms with Gasteiger partial charge >= 0.3 is 0 Å². The molecule has 4 fully saturated rings. The van der Waals surface area contributed by atoms with Crippen molar-refractivity contribution >= 4 is 11.8 Å². The van der Waals surface area contributed by atoms with Crippen molar-refractivity contribution in [3.8, 4) is 0 Å². The molecule has 0 aromatic heterocycles. The topological polar surface area (TPSA) is 366 Å². The fourth-order valence-electron chi connectivity index (χ4n) is 6.35. The Morgan fingerprint density at radius 1 is 0.471 bits per heavy atom. The molecule has 0 spiro atoms. The molecule has 2 amide bonds. The van der Waals surface area contributed by atoms with Crippen LogP contribution >= 0.6 is 0 Å². The van der Waals surface area contributed by atoms with Crippen molar-refractivity contribution in [2.75, 3.05) is 26.4 Å². The summed E-state index contributed by atoms with van der Waals surface area (Å²) < 4.78 is 39.1. The third kappa shape index (κ3) is 9.11. The minimum absolute atomic E-state index is 0.660. The normalized spacial score (nSPS) is 47.8. The molecule has 51 heavy (non-hydrogen) atoms. The predicted octanol–water partition coefficient (Wildman–Crippen LogP) is -9.46. The van der Waals surface area contributed by atoms with Gasteiger partial charge in [-0.2, -0.15) is 0 Å². The molecule has 0 aliphatic carbocycles. The number of rotatable bonds is 12. The van der Waals surface area contributed by atoms with Crippen molar-refractivity contribution in [1.82, 2.24) is 10.6 Å². The molecule has 0 unspecified atom stereocenters. The average molecular weight is 749 g/mol. The van der Waals surface area contributed by atoms with Crippen molar-refractivity contribution in [1.29, 1.82) is 0 Å². The molecule has 4 aliphatic heterocycles. The van der Waals surface area contributed by atoms with Gasteiger partial charge in [-0.1, -0.05) is 0 Å². The van der Waals surface area contributed by atoms with Crippen molar-refractivity contribution < 1.29 is 104 Å². The van der Waals surface area contributed by atoms with Crippen molar-refractivity contribution in [3.63, 3.8) is 0 Å². The summed E-state index contributed by atoms with van der Waals surface area (Å²) >= 11 is 0.